The highest BCUT2D eigenvalue weighted by Gasteiger charge is 2.31. The quantitative estimate of drug-likeness (QED) is 0.468. The first-order chi connectivity index (χ1) is 9.79. The Morgan fingerprint density at radius 1 is 1.24 bits per heavy atom. The second-order valence-electron chi connectivity index (χ2n) is 4.18. The lowest BCUT2D eigenvalue weighted by molar-refractivity contribution is -0.387. The molecule has 110 valence electrons. The van der Waals surface area contributed by atoms with Gasteiger partial charge in [-0.1, -0.05) is 0 Å². The number of hydrogen-bond donors (Lipinski definition) is 1. The molecular formula is C11H7F2N3O5. The SMILES string of the molecule is O=C1CN(C(=O)c2cc(F)cc([N+](=O)[O-])c2F)CC(=O)N1. The zero-order chi connectivity index (χ0) is 15.7. The van der Waals surface area contributed by atoms with Crippen molar-refractivity contribution in [2.45, 2.75) is 0 Å². The van der Waals surface area contributed by atoms with Gasteiger partial charge in [-0.05, 0) is 6.07 Å². The zero-order valence-corrected chi connectivity index (χ0v) is 10.3. The molecule has 1 fully saturated rings. The molecule has 1 heterocycles. The fraction of sp³-hybridized carbons (Fsp3) is 0.182. The summed E-state index contributed by atoms with van der Waals surface area (Å²) in [6, 6.07) is 0.807. The fourth-order valence-corrected chi connectivity index (χ4v) is 1.81. The number of piperazine rings is 1. The Morgan fingerprint density at radius 2 is 1.81 bits per heavy atom. The van der Waals surface area contributed by atoms with E-state index in [1.165, 1.54) is 0 Å². The Morgan fingerprint density at radius 3 is 2.33 bits per heavy atom. The summed E-state index contributed by atoms with van der Waals surface area (Å²) in [5.41, 5.74) is -2.12. The molecule has 0 spiro atoms. The molecule has 0 radical (unpaired) electrons. The number of carbonyl (C=O) groups excluding carboxylic acids is 3. The van der Waals surface area contributed by atoms with Crippen molar-refractivity contribution in [2.75, 3.05) is 13.1 Å². The monoisotopic (exact) mass is 299 g/mol. The Balaban J connectivity index is 2.41. The molecule has 0 unspecified atom stereocenters. The fourth-order valence-electron chi connectivity index (χ4n) is 1.81. The molecular weight excluding hydrogens is 292 g/mol. The number of rotatable bonds is 2. The minimum atomic E-state index is -1.52. The van der Waals surface area contributed by atoms with E-state index in [1.54, 1.807) is 0 Å². The molecule has 1 aliphatic rings. The maximum atomic E-state index is 13.9. The summed E-state index contributed by atoms with van der Waals surface area (Å²) >= 11 is 0. The van der Waals surface area contributed by atoms with Crippen molar-refractivity contribution in [2.24, 2.45) is 0 Å². The van der Waals surface area contributed by atoms with Crippen LogP contribution in [0.25, 0.3) is 0 Å². The Labute approximate surface area is 115 Å². The second kappa shape index (κ2) is 5.23. The normalized spacial score (nSPS) is 14.9. The lowest BCUT2D eigenvalue weighted by atomic mass is 10.1. The van der Waals surface area contributed by atoms with Crippen LogP contribution >= 0.6 is 0 Å². The molecule has 1 aliphatic heterocycles. The lowest BCUT2D eigenvalue weighted by Gasteiger charge is -2.25. The molecule has 2 rings (SSSR count). The first-order valence-electron chi connectivity index (χ1n) is 5.55. The number of amides is 3. The van der Waals surface area contributed by atoms with Crippen LogP contribution in [0.2, 0.25) is 0 Å². The van der Waals surface area contributed by atoms with Gasteiger partial charge in [0.15, 0.2) is 0 Å². The van der Waals surface area contributed by atoms with Crippen LogP contribution in [0.1, 0.15) is 10.4 Å². The topological polar surface area (TPSA) is 110 Å². The first-order valence-corrected chi connectivity index (χ1v) is 5.55. The van der Waals surface area contributed by atoms with Crippen molar-refractivity contribution < 1.29 is 28.1 Å². The van der Waals surface area contributed by atoms with Gasteiger partial charge in [0.1, 0.15) is 18.9 Å². The van der Waals surface area contributed by atoms with Crippen LogP contribution in [-0.4, -0.2) is 40.6 Å². The van der Waals surface area contributed by atoms with E-state index in [2.05, 4.69) is 0 Å². The molecule has 10 heteroatoms. The summed E-state index contributed by atoms with van der Waals surface area (Å²) in [5.74, 6) is -5.46. The van der Waals surface area contributed by atoms with E-state index in [9.17, 15) is 33.3 Å². The van der Waals surface area contributed by atoms with Crippen LogP contribution in [0.3, 0.4) is 0 Å². The second-order valence-corrected chi connectivity index (χ2v) is 4.18. The van der Waals surface area contributed by atoms with E-state index in [0.717, 1.165) is 0 Å². The average Bonchev–Trinajstić information content (AvgIpc) is 2.38. The van der Waals surface area contributed by atoms with Crippen molar-refractivity contribution in [3.63, 3.8) is 0 Å². The van der Waals surface area contributed by atoms with Crippen LogP contribution in [0.5, 0.6) is 0 Å². The van der Waals surface area contributed by atoms with Gasteiger partial charge < -0.3 is 4.90 Å². The van der Waals surface area contributed by atoms with E-state index in [1.807, 2.05) is 5.32 Å². The molecule has 0 atom stereocenters. The molecule has 3 amide bonds. The summed E-state index contributed by atoms with van der Waals surface area (Å²) < 4.78 is 27.1. The largest absolute Gasteiger partial charge is 0.320 e. The maximum Gasteiger partial charge on any atom is 0.308 e. The van der Waals surface area contributed by atoms with Crippen molar-refractivity contribution >= 4 is 23.4 Å². The van der Waals surface area contributed by atoms with E-state index in [0.29, 0.717) is 17.0 Å². The number of hydrogen-bond acceptors (Lipinski definition) is 5. The first kappa shape index (κ1) is 14.5. The molecule has 21 heavy (non-hydrogen) atoms. The van der Waals surface area contributed by atoms with Crippen LogP contribution in [0.15, 0.2) is 12.1 Å². The van der Waals surface area contributed by atoms with Gasteiger partial charge in [-0.2, -0.15) is 4.39 Å². The van der Waals surface area contributed by atoms with Gasteiger partial charge in [-0.15, -0.1) is 0 Å². The average molecular weight is 299 g/mol. The Kier molecular flexibility index (Phi) is 3.61. The van der Waals surface area contributed by atoms with Crippen molar-refractivity contribution in [3.05, 3.63) is 39.4 Å². The summed E-state index contributed by atoms with van der Waals surface area (Å²) in [5, 5.41) is 12.5. The standard InChI is InChI=1S/C11H7F2N3O5/c12-5-1-6(10(13)7(2-5)16(20)21)11(19)15-3-8(17)14-9(18)4-15/h1-2H,3-4H2,(H,14,17,18). The van der Waals surface area contributed by atoms with E-state index in [4.69, 9.17) is 0 Å². The number of nitro groups is 1. The molecule has 0 aliphatic carbocycles. The van der Waals surface area contributed by atoms with Gasteiger partial charge in [0, 0.05) is 0 Å². The zero-order valence-electron chi connectivity index (χ0n) is 10.3. The highest BCUT2D eigenvalue weighted by Crippen LogP contribution is 2.23. The van der Waals surface area contributed by atoms with Crippen molar-refractivity contribution in [3.8, 4) is 0 Å². The maximum absolute atomic E-state index is 13.9. The summed E-state index contributed by atoms with van der Waals surface area (Å²) in [7, 11) is 0. The molecule has 0 aromatic heterocycles. The van der Waals surface area contributed by atoms with Gasteiger partial charge in [-0.3, -0.25) is 29.8 Å². The van der Waals surface area contributed by atoms with E-state index >= 15 is 0 Å². The summed E-state index contributed by atoms with van der Waals surface area (Å²) in [4.78, 5) is 44.4. The third-order valence-electron chi connectivity index (χ3n) is 2.68. The van der Waals surface area contributed by atoms with Crippen LogP contribution in [0, 0.1) is 21.7 Å². The Hall–Kier alpha value is -2.91. The van der Waals surface area contributed by atoms with Crippen LogP contribution in [-0.2, 0) is 9.59 Å². The lowest BCUT2D eigenvalue weighted by Crippen LogP contribution is -2.53. The van der Waals surface area contributed by atoms with Crippen LogP contribution < -0.4 is 5.32 Å². The van der Waals surface area contributed by atoms with Gasteiger partial charge in [0.25, 0.3) is 5.91 Å². The molecule has 1 saturated heterocycles. The predicted octanol–water partition coefficient (Wildman–Crippen LogP) is -0.0284. The molecule has 0 saturated carbocycles. The van der Waals surface area contributed by atoms with Gasteiger partial charge in [0.2, 0.25) is 17.6 Å². The number of halogens is 2. The molecule has 1 N–H and O–H groups in total. The molecule has 1 aromatic rings. The number of nitro benzene ring substituents is 1. The summed E-state index contributed by atoms with van der Waals surface area (Å²) in [6.07, 6.45) is 0. The van der Waals surface area contributed by atoms with E-state index in [-0.39, 0.29) is 0 Å². The third kappa shape index (κ3) is 2.83. The Bertz CT molecular complexity index is 660. The molecule has 1 aromatic carbocycles. The number of nitrogens with one attached hydrogen (secondary N) is 1. The number of imide groups is 1. The van der Waals surface area contributed by atoms with Gasteiger partial charge in [-0.25, -0.2) is 4.39 Å². The smallest absolute Gasteiger partial charge is 0.308 e. The van der Waals surface area contributed by atoms with Gasteiger partial charge in [0.05, 0.1) is 16.6 Å². The minimum Gasteiger partial charge on any atom is -0.320 e. The summed E-state index contributed by atoms with van der Waals surface area (Å²) in [6.45, 7) is -1.07. The van der Waals surface area contributed by atoms with Gasteiger partial charge >= 0.3 is 5.69 Å². The molecule has 0 bridgehead atoms. The predicted molar refractivity (Wildman–Crippen MR) is 62.1 cm³/mol. The number of carbonyl (C=O) groups is 3. The number of nitrogens with zero attached hydrogens (tertiary/aromatic N) is 2. The highest BCUT2D eigenvalue weighted by molar-refractivity contribution is 6.06. The molecule has 8 nitrogen and oxygen atoms in total. The highest BCUT2D eigenvalue weighted by atomic mass is 19.1. The van der Waals surface area contributed by atoms with Crippen molar-refractivity contribution in [1.82, 2.24) is 10.2 Å². The van der Waals surface area contributed by atoms with E-state index < -0.39 is 58.6 Å². The van der Waals surface area contributed by atoms with Crippen LogP contribution in [0.4, 0.5) is 14.5 Å². The minimum absolute atomic E-state index is 0.334. The van der Waals surface area contributed by atoms with Crippen molar-refractivity contribution in [1.29, 1.82) is 0 Å². The third-order valence-corrected chi connectivity index (χ3v) is 2.68. The number of benzene rings is 1.